The zero-order chi connectivity index (χ0) is 18.8. The lowest BCUT2D eigenvalue weighted by molar-refractivity contribution is -0.130. The normalized spacial score (nSPS) is 23.0. The quantitative estimate of drug-likeness (QED) is 0.607. The number of rotatable bonds is 4. The summed E-state index contributed by atoms with van der Waals surface area (Å²) in [6.07, 6.45) is 9.05. The van der Waals surface area contributed by atoms with E-state index in [1.165, 1.54) is 18.4 Å². The Hall–Kier alpha value is -1.58. The van der Waals surface area contributed by atoms with Crippen molar-refractivity contribution in [2.75, 3.05) is 6.54 Å². The topological polar surface area (TPSA) is 33.2 Å². The van der Waals surface area contributed by atoms with Gasteiger partial charge in [0.05, 0.1) is 0 Å². The third kappa shape index (κ3) is 4.14. The van der Waals surface area contributed by atoms with Gasteiger partial charge in [0.15, 0.2) is 0 Å². The van der Waals surface area contributed by atoms with Crippen molar-refractivity contribution in [3.05, 3.63) is 52.3 Å². The van der Waals surface area contributed by atoms with Gasteiger partial charge in [-0.05, 0) is 67.3 Å². The van der Waals surface area contributed by atoms with E-state index in [1.807, 2.05) is 18.2 Å². The maximum atomic E-state index is 12.1. The molecule has 5 heteroatoms. The summed E-state index contributed by atoms with van der Waals surface area (Å²) in [5.41, 5.74) is 3.07. The van der Waals surface area contributed by atoms with Crippen LogP contribution in [-0.2, 0) is 11.2 Å². The number of halogens is 2. The first-order valence-corrected chi connectivity index (χ1v) is 10.6. The fourth-order valence-electron chi connectivity index (χ4n) is 4.58. The molecular weight excluding hydrogens is 379 g/mol. The molecule has 2 aliphatic rings. The Labute approximate surface area is 170 Å². The van der Waals surface area contributed by atoms with Crippen molar-refractivity contribution >= 4 is 29.1 Å². The highest BCUT2D eigenvalue weighted by Gasteiger charge is 2.32. The van der Waals surface area contributed by atoms with E-state index in [0.717, 1.165) is 54.8 Å². The maximum absolute atomic E-state index is 12.1. The number of benzene rings is 1. The fourth-order valence-corrected chi connectivity index (χ4v) is 5.07. The highest BCUT2D eigenvalue weighted by atomic mass is 35.5. The van der Waals surface area contributed by atoms with Crippen LogP contribution in [0.2, 0.25) is 10.2 Å². The standard InChI is InChI=1S/C22H24Cl2N2O/c23-20-14-16(19-6-2-10-25-22(19)24)8-9-17(20)12-15-4-1-5-18(13-15)26-11-3-7-21(26)27/h2,6,8-10,14-15,18H,1,3-5,7,11-13H2. The predicted octanol–water partition coefficient (Wildman–Crippen LogP) is 5.78. The van der Waals surface area contributed by atoms with Crippen molar-refractivity contribution in [2.45, 2.75) is 51.0 Å². The van der Waals surface area contributed by atoms with Crippen molar-refractivity contribution in [3.8, 4) is 11.1 Å². The summed E-state index contributed by atoms with van der Waals surface area (Å²) >= 11 is 12.8. The van der Waals surface area contributed by atoms with Gasteiger partial charge in [-0.3, -0.25) is 4.79 Å². The molecule has 0 radical (unpaired) electrons. The Kier molecular flexibility index (Phi) is 5.70. The van der Waals surface area contributed by atoms with Crippen LogP contribution in [0.25, 0.3) is 11.1 Å². The number of likely N-dealkylation sites (tertiary alicyclic amines) is 1. The van der Waals surface area contributed by atoms with Gasteiger partial charge in [-0.15, -0.1) is 0 Å². The minimum atomic E-state index is 0.344. The van der Waals surface area contributed by atoms with Crippen molar-refractivity contribution in [1.82, 2.24) is 9.88 Å². The van der Waals surface area contributed by atoms with Gasteiger partial charge in [-0.2, -0.15) is 0 Å². The molecule has 2 heterocycles. The molecule has 142 valence electrons. The molecule has 0 spiro atoms. The molecule has 2 aromatic rings. The van der Waals surface area contributed by atoms with Gasteiger partial charge >= 0.3 is 0 Å². The van der Waals surface area contributed by atoms with Crippen molar-refractivity contribution in [1.29, 1.82) is 0 Å². The van der Waals surface area contributed by atoms with Gasteiger partial charge in [-0.1, -0.05) is 41.8 Å². The van der Waals surface area contributed by atoms with Crippen LogP contribution in [0.4, 0.5) is 0 Å². The van der Waals surface area contributed by atoms with E-state index in [4.69, 9.17) is 23.2 Å². The average molecular weight is 403 g/mol. The first-order chi connectivity index (χ1) is 13.1. The maximum Gasteiger partial charge on any atom is 0.222 e. The number of aromatic nitrogens is 1. The lowest BCUT2D eigenvalue weighted by Gasteiger charge is -2.35. The highest BCUT2D eigenvalue weighted by Crippen LogP contribution is 2.35. The van der Waals surface area contributed by atoms with Gasteiger partial charge in [0.2, 0.25) is 5.91 Å². The summed E-state index contributed by atoms with van der Waals surface area (Å²) in [7, 11) is 0. The second kappa shape index (κ2) is 8.20. The summed E-state index contributed by atoms with van der Waals surface area (Å²) in [4.78, 5) is 18.4. The second-order valence-corrected chi connectivity index (χ2v) is 8.49. The molecule has 3 nitrogen and oxygen atoms in total. The predicted molar refractivity (Wildman–Crippen MR) is 110 cm³/mol. The Bertz CT molecular complexity index is 839. The van der Waals surface area contributed by atoms with Gasteiger partial charge in [-0.25, -0.2) is 4.98 Å². The largest absolute Gasteiger partial charge is 0.340 e. The van der Waals surface area contributed by atoms with E-state index < -0.39 is 0 Å². The molecule has 2 fully saturated rings. The highest BCUT2D eigenvalue weighted by molar-refractivity contribution is 6.33. The van der Waals surface area contributed by atoms with Crippen LogP contribution in [0.3, 0.4) is 0 Å². The van der Waals surface area contributed by atoms with E-state index in [0.29, 0.717) is 23.0 Å². The minimum absolute atomic E-state index is 0.344. The number of amides is 1. The summed E-state index contributed by atoms with van der Waals surface area (Å²) in [6.45, 7) is 0.942. The van der Waals surface area contributed by atoms with Crippen molar-refractivity contribution < 1.29 is 4.79 Å². The number of hydrogen-bond acceptors (Lipinski definition) is 2. The van der Waals surface area contributed by atoms with Crippen LogP contribution < -0.4 is 0 Å². The van der Waals surface area contributed by atoms with Crippen molar-refractivity contribution in [3.63, 3.8) is 0 Å². The minimum Gasteiger partial charge on any atom is -0.340 e. The molecule has 1 aliphatic carbocycles. The number of hydrogen-bond donors (Lipinski definition) is 0. The Morgan fingerprint density at radius 2 is 2.04 bits per heavy atom. The molecule has 2 unspecified atom stereocenters. The molecule has 2 atom stereocenters. The van der Waals surface area contributed by atoms with Crippen LogP contribution in [0, 0.1) is 5.92 Å². The number of nitrogens with zero attached hydrogens (tertiary/aromatic N) is 2. The Morgan fingerprint density at radius 3 is 2.78 bits per heavy atom. The van der Waals surface area contributed by atoms with Crippen LogP contribution in [0.15, 0.2) is 36.5 Å². The molecule has 1 aromatic heterocycles. The molecular formula is C22H24Cl2N2O. The van der Waals surface area contributed by atoms with E-state index in [2.05, 4.69) is 22.0 Å². The first-order valence-electron chi connectivity index (χ1n) is 9.80. The second-order valence-electron chi connectivity index (χ2n) is 7.73. The summed E-state index contributed by atoms with van der Waals surface area (Å²) in [5.74, 6) is 0.930. The summed E-state index contributed by atoms with van der Waals surface area (Å²) < 4.78 is 0. The molecule has 1 aromatic carbocycles. The van der Waals surface area contributed by atoms with Crippen LogP contribution >= 0.6 is 23.2 Å². The smallest absolute Gasteiger partial charge is 0.222 e. The fraction of sp³-hybridized carbons (Fsp3) is 0.455. The Morgan fingerprint density at radius 1 is 1.15 bits per heavy atom. The van der Waals surface area contributed by atoms with Gasteiger partial charge < -0.3 is 4.90 Å². The molecule has 27 heavy (non-hydrogen) atoms. The SMILES string of the molecule is O=C1CCCN1C1CCCC(Cc2ccc(-c3cccnc3Cl)cc2Cl)C1. The third-order valence-corrected chi connectivity index (χ3v) is 6.59. The van der Waals surface area contributed by atoms with Gasteiger partial charge in [0, 0.05) is 35.8 Å². The van der Waals surface area contributed by atoms with Crippen LogP contribution in [0.1, 0.15) is 44.1 Å². The number of carbonyl (C=O) groups excluding carboxylic acids is 1. The van der Waals surface area contributed by atoms with Gasteiger partial charge in [0.1, 0.15) is 5.15 Å². The molecule has 0 N–H and O–H groups in total. The summed E-state index contributed by atoms with van der Waals surface area (Å²) in [5, 5.41) is 1.28. The van der Waals surface area contributed by atoms with E-state index in [1.54, 1.807) is 6.20 Å². The average Bonchev–Trinajstić information content (AvgIpc) is 3.10. The molecule has 0 bridgehead atoms. The molecule has 4 rings (SSSR count). The van der Waals surface area contributed by atoms with Crippen molar-refractivity contribution in [2.24, 2.45) is 5.92 Å². The zero-order valence-electron chi connectivity index (χ0n) is 15.3. The molecule has 1 aliphatic heterocycles. The van der Waals surface area contributed by atoms with Gasteiger partial charge in [0.25, 0.3) is 0 Å². The van der Waals surface area contributed by atoms with E-state index in [-0.39, 0.29) is 0 Å². The lowest BCUT2D eigenvalue weighted by atomic mass is 9.81. The molecule has 1 saturated carbocycles. The number of pyridine rings is 1. The van der Waals surface area contributed by atoms with E-state index >= 15 is 0 Å². The lowest BCUT2D eigenvalue weighted by Crippen LogP contribution is -2.39. The zero-order valence-corrected chi connectivity index (χ0v) is 16.8. The third-order valence-electron chi connectivity index (χ3n) is 5.94. The molecule has 1 amide bonds. The molecule has 1 saturated heterocycles. The number of carbonyl (C=O) groups is 1. The van der Waals surface area contributed by atoms with Crippen LogP contribution in [0.5, 0.6) is 0 Å². The first kappa shape index (κ1) is 18.8. The monoisotopic (exact) mass is 402 g/mol. The van der Waals surface area contributed by atoms with E-state index in [9.17, 15) is 4.79 Å². The summed E-state index contributed by atoms with van der Waals surface area (Å²) in [6, 6.07) is 10.4. The Balaban J connectivity index is 1.46. The van der Waals surface area contributed by atoms with Crippen LogP contribution in [-0.4, -0.2) is 28.4 Å².